The molecule has 0 heterocycles. The molecule has 0 saturated heterocycles. The smallest absolute Gasteiger partial charge is 0.285 e. The molecule has 0 radical (unpaired) electrons. The molecule has 0 bridgehead atoms. The molecule has 96 valence electrons. The van der Waals surface area contributed by atoms with E-state index in [0.717, 1.165) is 15.9 Å². The second-order valence-electron chi connectivity index (χ2n) is 2.47. The van der Waals surface area contributed by atoms with Gasteiger partial charge in [-0.1, -0.05) is 0 Å². The van der Waals surface area contributed by atoms with E-state index in [0.29, 0.717) is 0 Å². The molecular formula is C5BrF9O. The normalized spacial score (nSPS) is 15.1. The van der Waals surface area contributed by atoms with E-state index in [4.69, 9.17) is 0 Å². The summed E-state index contributed by atoms with van der Waals surface area (Å²) in [4.78, 5) is 4.86. The van der Waals surface area contributed by atoms with Crippen molar-refractivity contribution in [3.63, 3.8) is 0 Å². The number of rotatable bonds is 3. The zero-order valence-corrected chi connectivity index (χ0v) is 8.27. The molecule has 0 fully saturated rings. The van der Waals surface area contributed by atoms with E-state index in [-0.39, 0.29) is 0 Å². The van der Waals surface area contributed by atoms with Crippen LogP contribution in [-0.2, 0) is 4.79 Å². The molecule has 0 aromatic heterocycles. The Morgan fingerprint density at radius 1 is 0.812 bits per heavy atom. The van der Waals surface area contributed by atoms with Crippen molar-refractivity contribution < 1.29 is 44.3 Å². The van der Waals surface area contributed by atoms with Gasteiger partial charge in [-0.25, -0.2) is 0 Å². The summed E-state index contributed by atoms with van der Waals surface area (Å²) in [5.74, 6) is -17.3. The van der Waals surface area contributed by atoms with Crippen molar-refractivity contribution in [3.8, 4) is 0 Å². The summed E-state index contributed by atoms with van der Waals surface area (Å²) >= 11 is 0.975. The van der Waals surface area contributed by atoms with Crippen LogP contribution in [-0.4, -0.2) is 28.6 Å². The summed E-state index contributed by atoms with van der Waals surface area (Å²) in [6, 6.07) is 0. The molecule has 0 saturated carbocycles. The maximum Gasteiger partial charge on any atom is 0.460 e. The fourth-order valence-electron chi connectivity index (χ4n) is 0.499. The van der Waals surface area contributed by atoms with E-state index >= 15 is 0 Å². The average Bonchev–Trinajstić information content (AvgIpc) is 1.98. The van der Waals surface area contributed by atoms with E-state index in [1.807, 2.05) is 0 Å². The standard InChI is InChI=1S/C5BrF9O/c6-3(9,10)1(16)2(7,8)4(11,12)5(13,14)15. The second-order valence-corrected chi connectivity index (χ2v) is 3.47. The van der Waals surface area contributed by atoms with Crippen molar-refractivity contribution in [2.45, 2.75) is 22.9 Å². The first-order valence-electron chi connectivity index (χ1n) is 3.09. The lowest BCUT2D eigenvalue weighted by molar-refractivity contribution is -0.345. The van der Waals surface area contributed by atoms with Crippen molar-refractivity contribution in [1.29, 1.82) is 0 Å². The van der Waals surface area contributed by atoms with Crippen LogP contribution in [0.15, 0.2) is 0 Å². The minimum atomic E-state index is -6.88. The van der Waals surface area contributed by atoms with Gasteiger partial charge in [-0.2, -0.15) is 39.5 Å². The number of hydrogen-bond acceptors (Lipinski definition) is 1. The Labute approximate surface area is 89.7 Å². The number of ketones is 1. The maximum absolute atomic E-state index is 12.3. The average molecular weight is 327 g/mol. The second kappa shape index (κ2) is 3.77. The van der Waals surface area contributed by atoms with E-state index < -0.39 is 28.6 Å². The molecule has 16 heavy (non-hydrogen) atoms. The molecule has 0 spiro atoms. The molecular weight excluding hydrogens is 327 g/mol. The van der Waals surface area contributed by atoms with Crippen LogP contribution in [0.4, 0.5) is 39.5 Å². The summed E-state index contributed by atoms with van der Waals surface area (Å²) < 4.78 is 107. The summed E-state index contributed by atoms with van der Waals surface area (Å²) in [7, 11) is 0. The molecule has 0 amide bonds. The first kappa shape index (κ1) is 15.5. The molecule has 0 atom stereocenters. The molecule has 1 nitrogen and oxygen atoms in total. The van der Waals surface area contributed by atoms with E-state index in [1.165, 1.54) is 0 Å². The van der Waals surface area contributed by atoms with Gasteiger partial charge in [0.2, 0.25) is 0 Å². The minimum absolute atomic E-state index is 0.975. The predicted octanol–water partition coefficient (Wildman–Crippen LogP) is 3.38. The van der Waals surface area contributed by atoms with Gasteiger partial charge in [0.05, 0.1) is 0 Å². The van der Waals surface area contributed by atoms with Gasteiger partial charge in [0.15, 0.2) is 0 Å². The van der Waals surface area contributed by atoms with Crippen LogP contribution >= 0.6 is 15.9 Å². The van der Waals surface area contributed by atoms with E-state index in [2.05, 4.69) is 0 Å². The van der Waals surface area contributed by atoms with Crippen molar-refractivity contribution >= 4 is 21.7 Å². The largest absolute Gasteiger partial charge is 0.460 e. The highest BCUT2D eigenvalue weighted by Crippen LogP contribution is 2.49. The van der Waals surface area contributed by atoms with Crippen molar-refractivity contribution in [2.75, 3.05) is 0 Å². The van der Waals surface area contributed by atoms with Gasteiger partial charge in [-0.3, -0.25) is 4.79 Å². The molecule has 0 rings (SSSR count). The summed E-state index contributed by atoms with van der Waals surface area (Å²) in [5, 5.41) is 0. The molecule has 0 aromatic rings. The minimum Gasteiger partial charge on any atom is -0.285 e. The van der Waals surface area contributed by atoms with Crippen LogP contribution < -0.4 is 0 Å². The van der Waals surface area contributed by atoms with Gasteiger partial charge < -0.3 is 0 Å². The highest BCUT2D eigenvalue weighted by atomic mass is 79.9. The fraction of sp³-hybridized carbons (Fsp3) is 0.800. The van der Waals surface area contributed by atoms with Crippen LogP contribution in [0.3, 0.4) is 0 Å². The number of hydrogen-bond donors (Lipinski definition) is 0. The van der Waals surface area contributed by atoms with Crippen LogP contribution in [0.25, 0.3) is 0 Å². The zero-order chi connectivity index (χ0) is 13.6. The predicted molar refractivity (Wildman–Crippen MR) is 34.8 cm³/mol. The third kappa shape index (κ3) is 2.43. The summed E-state index contributed by atoms with van der Waals surface area (Å²) in [5.41, 5.74) is 0. The Morgan fingerprint density at radius 2 is 1.12 bits per heavy atom. The van der Waals surface area contributed by atoms with Crippen molar-refractivity contribution in [3.05, 3.63) is 0 Å². The van der Waals surface area contributed by atoms with Crippen LogP contribution in [0.5, 0.6) is 0 Å². The lowest BCUT2D eigenvalue weighted by Gasteiger charge is -2.27. The fourth-order valence-corrected chi connectivity index (χ4v) is 0.748. The molecule has 0 N–H and O–H groups in total. The number of halogens is 10. The van der Waals surface area contributed by atoms with Crippen LogP contribution in [0, 0.1) is 0 Å². The Bertz CT molecular complexity index is 287. The first-order chi connectivity index (χ1) is 6.65. The SMILES string of the molecule is O=C(C(F)(F)Br)C(F)(F)C(F)(F)C(F)(F)F. The van der Waals surface area contributed by atoms with Crippen molar-refractivity contribution in [1.82, 2.24) is 0 Å². The van der Waals surface area contributed by atoms with Crippen LogP contribution in [0.2, 0.25) is 0 Å². The third-order valence-electron chi connectivity index (χ3n) is 1.29. The summed E-state index contributed by atoms with van der Waals surface area (Å²) in [6.45, 7) is 0. The Kier molecular flexibility index (Phi) is 3.66. The monoisotopic (exact) mass is 326 g/mol. The highest BCUT2D eigenvalue weighted by Gasteiger charge is 2.78. The molecule has 0 aliphatic heterocycles. The first-order valence-corrected chi connectivity index (χ1v) is 3.89. The Morgan fingerprint density at radius 3 is 1.31 bits per heavy atom. The topological polar surface area (TPSA) is 17.1 Å². The number of carbonyl (C=O) groups excluding carboxylic acids is 1. The van der Waals surface area contributed by atoms with Gasteiger partial charge in [-0.05, 0) is 15.9 Å². The number of alkyl halides is 10. The molecule has 0 aliphatic carbocycles. The summed E-state index contributed by atoms with van der Waals surface area (Å²) in [6.07, 6.45) is -6.83. The van der Waals surface area contributed by atoms with Crippen LogP contribution in [0.1, 0.15) is 0 Å². The lowest BCUT2D eigenvalue weighted by Crippen LogP contribution is -2.59. The molecule has 0 aromatic carbocycles. The van der Waals surface area contributed by atoms with Gasteiger partial charge in [0.25, 0.3) is 5.78 Å². The zero-order valence-electron chi connectivity index (χ0n) is 6.69. The van der Waals surface area contributed by atoms with Gasteiger partial charge >= 0.3 is 22.9 Å². The molecule has 11 heteroatoms. The number of Topliss-reactive ketones (excluding diaryl/α,β-unsaturated/α-hetero) is 1. The van der Waals surface area contributed by atoms with Gasteiger partial charge in [0.1, 0.15) is 0 Å². The molecule has 0 unspecified atom stereocenters. The quantitative estimate of drug-likeness (QED) is 0.574. The van der Waals surface area contributed by atoms with Gasteiger partial charge in [-0.15, -0.1) is 0 Å². The van der Waals surface area contributed by atoms with E-state index in [9.17, 15) is 44.3 Å². The maximum atomic E-state index is 12.3. The van der Waals surface area contributed by atoms with Gasteiger partial charge in [0, 0.05) is 0 Å². The number of carbonyl (C=O) groups is 1. The Balaban J connectivity index is 5.46. The highest BCUT2D eigenvalue weighted by molar-refractivity contribution is 9.10. The lowest BCUT2D eigenvalue weighted by atomic mass is 10.1. The van der Waals surface area contributed by atoms with E-state index in [1.54, 1.807) is 0 Å². The van der Waals surface area contributed by atoms with Crippen molar-refractivity contribution in [2.24, 2.45) is 0 Å². The molecule has 0 aliphatic rings. The Hall–Kier alpha value is -0.480. The third-order valence-corrected chi connectivity index (χ3v) is 1.65.